The fourth-order valence-corrected chi connectivity index (χ4v) is 3.96. The highest BCUT2D eigenvalue weighted by molar-refractivity contribution is 7.09. The van der Waals surface area contributed by atoms with Crippen molar-refractivity contribution in [3.05, 3.63) is 51.7 Å². The Bertz CT molecular complexity index is 721. The van der Waals surface area contributed by atoms with Crippen LogP contribution < -0.4 is 0 Å². The summed E-state index contributed by atoms with van der Waals surface area (Å²) < 4.78 is 13.0. The van der Waals surface area contributed by atoms with Crippen LogP contribution in [0.3, 0.4) is 0 Å². The van der Waals surface area contributed by atoms with Crippen molar-refractivity contribution in [3.8, 4) is 0 Å². The van der Waals surface area contributed by atoms with Crippen molar-refractivity contribution in [2.24, 2.45) is 0 Å². The molecule has 0 radical (unpaired) electrons. The third-order valence-electron chi connectivity index (χ3n) is 4.37. The van der Waals surface area contributed by atoms with Gasteiger partial charge in [-0.3, -0.25) is 4.79 Å². The van der Waals surface area contributed by atoms with E-state index in [0.717, 1.165) is 23.4 Å². The molecular weight excluding hydrogens is 327 g/mol. The maximum absolute atomic E-state index is 13.0. The summed E-state index contributed by atoms with van der Waals surface area (Å²) in [6.45, 7) is 4.13. The molecule has 0 bridgehead atoms. The zero-order valence-electron chi connectivity index (χ0n) is 13.8. The number of carbonyl (C=O) groups is 1. The molecule has 4 nitrogen and oxygen atoms in total. The summed E-state index contributed by atoms with van der Waals surface area (Å²) in [6.07, 6.45) is 2.28. The molecule has 1 aromatic carbocycles. The maximum Gasteiger partial charge on any atom is 0.273 e. The smallest absolute Gasteiger partial charge is 0.273 e. The number of aliphatic hydroxyl groups is 1. The Labute approximate surface area is 145 Å². The van der Waals surface area contributed by atoms with Crippen LogP contribution in [0.2, 0.25) is 0 Å². The van der Waals surface area contributed by atoms with E-state index in [2.05, 4.69) is 4.98 Å². The van der Waals surface area contributed by atoms with Gasteiger partial charge in [-0.25, -0.2) is 9.37 Å². The molecule has 1 saturated heterocycles. The lowest BCUT2D eigenvalue weighted by molar-refractivity contribution is 0.000145. The standard InChI is InChI=1S/C18H21FN2O2S/c1-18(2,23)15-4-3-9-21(15)17(22)14-11-24-16(20-14)10-12-5-7-13(19)8-6-12/h5-8,11,15,23H,3-4,9-10H2,1-2H3. The molecule has 128 valence electrons. The van der Waals surface area contributed by atoms with Crippen molar-refractivity contribution < 1.29 is 14.3 Å². The van der Waals surface area contributed by atoms with Crippen molar-refractivity contribution in [2.45, 2.75) is 44.8 Å². The lowest BCUT2D eigenvalue weighted by Gasteiger charge is -2.33. The van der Waals surface area contributed by atoms with E-state index in [-0.39, 0.29) is 17.8 Å². The molecule has 0 saturated carbocycles. The first-order valence-electron chi connectivity index (χ1n) is 8.07. The fraction of sp³-hybridized carbons (Fsp3) is 0.444. The Morgan fingerprint density at radius 1 is 1.42 bits per heavy atom. The van der Waals surface area contributed by atoms with Crippen molar-refractivity contribution >= 4 is 17.2 Å². The summed E-state index contributed by atoms with van der Waals surface area (Å²) in [4.78, 5) is 18.9. The third kappa shape index (κ3) is 3.65. The summed E-state index contributed by atoms with van der Waals surface area (Å²) >= 11 is 1.43. The van der Waals surface area contributed by atoms with Crippen molar-refractivity contribution in [2.75, 3.05) is 6.54 Å². The molecule has 1 atom stereocenters. The van der Waals surface area contributed by atoms with E-state index in [4.69, 9.17) is 0 Å². The first-order chi connectivity index (χ1) is 11.3. The molecular formula is C18H21FN2O2S. The minimum Gasteiger partial charge on any atom is -0.388 e. The second kappa shape index (κ2) is 6.61. The number of aromatic nitrogens is 1. The highest BCUT2D eigenvalue weighted by Gasteiger charge is 2.39. The van der Waals surface area contributed by atoms with Crippen molar-refractivity contribution in [1.82, 2.24) is 9.88 Å². The number of nitrogens with zero attached hydrogens (tertiary/aromatic N) is 2. The SMILES string of the molecule is CC(C)(O)C1CCCN1C(=O)c1csc(Cc2ccc(F)cc2)n1. The average molecular weight is 348 g/mol. The van der Waals surface area contributed by atoms with E-state index < -0.39 is 5.60 Å². The minimum absolute atomic E-state index is 0.124. The van der Waals surface area contributed by atoms with Crippen molar-refractivity contribution in [1.29, 1.82) is 0 Å². The van der Waals surface area contributed by atoms with Crippen LogP contribution in [-0.2, 0) is 6.42 Å². The van der Waals surface area contributed by atoms with Gasteiger partial charge in [0.05, 0.1) is 16.7 Å². The third-order valence-corrected chi connectivity index (χ3v) is 5.22. The number of likely N-dealkylation sites (tertiary alicyclic amines) is 1. The van der Waals surface area contributed by atoms with Gasteiger partial charge < -0.3 is 10.0 Å². The molecule has 2 aromatic rings. The molecule has 3 rings (SSSR count). The Morgan fingerprint density at radius 2 is 2.12 bits per heavy atom. The van der Waals surface area contributed by atoms with Crippen LogP contribution in [0.25, 0.3) is 0 Å². The average Bonchev–Trinajstić information content (AvgIpc) is 3.17. The second-order valence-electron chi connectivity index (χ2n) is 6.74. The first kappa shape index (κ1) is 17.0. The van der Waals surface area contributed by atoms with Gasteiger partial charge in [0.25, 0.3) is 5.91 Å². The molecule has 1 aromatic heterocycles. The molecule has 6 heteroatoms. The Morgan fingerprint density at radius 3 is 2.79 bits per heavy atom. The summed E-state index contributed by atoms with van der Waals surface area (Å²) in [5.74, 6) is -0.387. The van der Waals surface area contributed by atoms with Gasteiger partial charge in [0.1, 0.15) is 11.5 Å². The summed E-state index contributed by atoms with van der Waals surface area (Å²) in [6, 6.07) is 6.12. The van der Waals surface area contributed by atoms with Gasteiger partial charge in [0, 0.05) is 18.3 Å². The number of hydrogen-bond donors (Lipinski definition) is 1. The molecule has 1 fully saturated rings. The first-order valence-corrected chi connectivity index (χ1v) is 8.95. The van der Waals surface area contributed by atoms with Crippen LogP contribution >= 0.6 is 11.3 Å². The van der Waals surface area contributed by atoms with Gasteiger partial charge in [-0.05, 0) is 44.4 Å². The van der Waals surface area contributed by atoms with Gasteiger partial charge in [-0.2, -0.15) is 0 Å². The molecule has 0 aliphatic carbocycles. The lowest BCUT2D eigenvalue weighted by Crippen LogP contribution is -2.48. The Balaban J connectivity index is 1.73. The van der Waals surface area contributed by atoms with E-state index in [1.54, 1.807) is 36.3 Å². The van der Waals surface area contributed by atoms with Gasteiger partial charge in [0.15, 0.2) is 0 Å². The van der Waals surface area contributed by atoms with E-state index in [1.807, 2.05) is 0 Å². The molecule has 0 spiro atoms. The van der Waals surface area contributed by atoms with Crippen LogP contribution in [0.4, 0.5) is 4.39 Å². The number of benzene rings is 1. The number of thiazole rings is 1. The monoisotopic (exact) mass is 348 g/mol. The summed E-state index contributed by atoms with van der Waals surface area (Å²) in [7, 11) is 0. The normalized spacial score (nSPS) is 18.2. The number of amides is 1. The highest BCUT2D eigenvalue weighted by Crippen LogP contribution is 2.28. The number of carbonyl (C=O) groups excluding carboxylic acids is 1. The van der Waals surface area contributed by atoms with Crippen LogP contribution in [0.15, 0.2) is 29.6 Å². The highest BCUT2D eigenvalue weighted by atomic mass is 32.1. The molecule has 24 heavy (non-hydrogen) atoms. The van der Waals surface area contributed by atoms with E-state index in [0.29, 0.717) is 18.7 Å². The predicted octanol–water partition coefficient (Wildman–Crippen LogP) is 3.25. The van der Waals surface area contributed by atoms with Crippen LogP contribution in [-0.4, -0.2) is 39.1 Å². The molecule has 1 amide bonds. The molecule has 2 heterocycles. The quantitative estimate of drug-likeness (QED) is 0.923. The topological polar surface area (TPSA) is 53.4 Å². The summed E-state index contributed by atoms with van der Waals surface area (Å²) in [5, 5.41) is 12.9. The van der Waals surface area contributed by atoms with Crippen LogP contribution in [0.1, 0.15) is 47.7 Å². The summed E-state index contributed by atoms with van der Waals surface area (Å²) in [5.41, 5.74) is 0.465. The van der Waals surface area contributed by atoms with Gasteiger partial charge in [-0.15, -0.1) is 11.3 Å². The molecule has 1 unspecified atom stereocenters. The van der Waals surface area contributed by atoms with Crippen LogP contribution in [0.5, 0.6) is 0 Å². The van der Waals surface area contributed by atoms with E-state index >= 15 is 0 Å². The predicted molar refractivity (Wildman–Crippen MR) is 91.7 cm³/mol. The number of halogens is 1. The van der Waals surface area contributed by atoms with Gasteiger partial charge in [0.2, 0.25) is 0 Å². The molecule has 1 N–H and O–H groups in total. The largest absolute Gasteiger partial charge is 0.388 e. The van der Waals surface area contributed by atoms with E-state index in [9.17, 15) is 14.3 Å². The zero-order valence-corrected chi connectivity index (χ0v) is 14.6. The Hall–Kier alpha value is -1.79. The van der Waals surface area contributed by atoms with Gasteiger partial charge >= 0.3 is 0 Å². The van der Waals surface area contributed by atoms with Gasteiger partial charge in [-0.1, -0.05) is 12.1 Å². The maximum atomic E-state index is 13.0. The molecule has 1 aliphatic heterocycles. The van der Waals surface area contributed by atoms with Crippen LogP contribution in [0, 0.1) is 5.82 Å². The second-order valence-corrected chi connectivity index (χ2v) is 7.68. The Kier molecular flexibility index (Phi) is 4.69. The lowest BCUT2D eigenvalue weighted by atomic mass is 9.96. The number of rotatable bonds is 4. The number of hydrogen-bond acceptors (Lipinski definition) is 4. The van der Waals surface area contributed by atoms with Crippen molar-refractivity contribution in [3.63, 3.8) is 0 Å². The molecule has 1 aliphatic rings. The zero-order chi connectivity index (χ0) is 17.3. The fourth-order valence-electron chi connectivity index (χ4n) is 3.16. The van der Waals surface area contributed by atoms with E-state index in [1.165, 1.54) is 23.5 Å². The minimum atomic E-state index is -0.918.